The molecule has 0 saturated carbocycles. The number of ether oxygens (including phenoxy) is 1. The van der Waals surface area contributed by atoms with Crippen LogP contribution in [0.25, 0.3) is 0 Å². The normalized spacial score (nSPS) is 9.95. The zero-order valence-electron chi connectivity index (χ0n) is 12.0. The first-order chi connectivity index (χ1) is 9.52. The van der Waals surface area contributed by atoms with E-state index in [1.54, 1.807) is 0 Å². The zero-order chi connectivity index (χ0) is 14.7. The first-order valence-corrected chi connectivity index (χ1v) is 6.22. The summed E-state index contributed by atoms with van der Waals surface area (Å²) in [6.45, 7) is 3.66. The highest BCUT2D eigenvalue weighted by atomic mass is 16.5. The van der Waals surface area contributed by atoms with Crippen molar-refractivity contribution in [1.82, 2.24) is 10.2 Å². The van der Waals surface area contributed by atoms with E-state index in [1.165, 1.54) is 0 Å². The van der Waals surface area contributed by atoms with E-state index in [0.29, 0.717) is 11.3 Å². The molecule has 0 amide bonds. The minimum Gasteiger partial charge on any atom is -0.436 e. The molecule has 5 heteroatoms. The number of aromatic nitrogens is 2. The minimum atomic E-state index is 0.242. The molecule has 0 N–H and O–H groups in total. The van der Waals surface area contributed by atoms with E-state index < -0.39 is 0 Å². The molecule has 0 radical (unpaired) electrons. The fraction of sp³-hybridized carbons (Fsp3) is 0.267. The lowest BCUT2D eigenvalue weighted by Gasteiger charge is -2.14. The van der Waals surface area contributed by atoms with Gasteiger partial charge in [0.1, 0.15) is 17.4 Å². The Morgan fingerprint density at radius 3 is 2.60 bits per heavy atom. The highest BCUT2D eigenvalue weighted by Crippen LogP contribution is 2.27. The Morgan fingerprint density at radius 2 is 1.95 bits per heavy atom. The van der Waals surface area contributed by atoms with E-state index in [0.717, 1.165) is 16.9 Å². The van der Waals surface area contributed by atoms with Crippen LogP contribution in [0.1, 0.15) is 16.8 Å². The summed E-state index contributed by atoms with van der Waals surface area (Å²) < 4.78 is 5.70. The summed E-state index contributed by atoms with van der Waals surface area (Å²) in [5.74, 6) is 0.872. The molecule has 0 bridgehead atoms. The first kappa shape index (κ1) is 13.8. The molecule has 5 nitrogen and oxygen atoms in total. The largest absolute Gasteiger partial charge is 0.436 e. The van der Waals surface area contributed by atoms with E-state index >= 15 is 0 Å². The molecule has 0 saturated heterocycles. The standard InChI is InChI=1S/C15H16N4O/c1-10-11(2)17-18-15(14(10)9-16)20-13-7-5-6-12(8-13)19(3)4/h5-8H,1-4H3. The van der Waals surface area contributed by atoms with Gasteiger partial charge < -0.3 is 9.64 Å². The van der Waals surface area contributed by atoms with Crippen LogP contribution in [-0.2, 0) is 0 Å². The Bertz CT molecular complexity index is 674. The molecular formula is C15H16N4O. The van der Waals surface area contributed by atoms with Gasteiger partial charge in [0.25, 0.3) is 5.88 Å². The molecule has 0 aliphatic rings. The fourth-order valence-corrected chi connectivity index (χ4v) is 1.73. The van der Waals surface area contributed by atoms with Crippen LogP contribution < -0.4 is 9.64 Å². The van der Waals surface area contributed by atoms with Crippen molar-refractivity contribution in [2.75, 3.05) is 19.0 Å². The summed E-state index contributed by atoms with van der Waals surface area (Å²) in [5.41, 5.74) is 2.96. The second-order valence-electron chi connectivity index (χ2n) is 4.70. The van der Waals surface area contributed by atoms with Crippen LogP contribution in [0.5, 0.6) is 11.6 Å². The number of hydrogen-bond acceptors (Lipinski definition) is 5. The SMILES string of the molecule is Cc1nnc(Oc2cccc(N(C)C)c2)c(C#N)c1C. The predicted molar refractivity (Wildman–Crippen MR) is 77.1 cm³/mol. The number of nitrogens with zero attached hydrogens (tertiary/aromatic N) is 4. The van der Waals surface area contributed by atoms with Crippen molar-refractivity contribution in [3.05, 3.63) is 41.1 Å². The number of anilines is 1. The van der Waals surface area contributed by atoms with Crippen LogP contribution in [0.3, 0.4) is 0 Å². The van der Waals surface area contributed by atoms with Crippen LogP contribution in [-0.4, -0.2) is 24.3 Å². The van der Waals surface area contributed by atoms with Gasteiger partial charge in [0.05, 0.1) is 5.69 Å². The maximum atomic E-state index is 9.24. The van der Waals surface area contributed by atoms with E-state index in [4.69, 9.17) is 4.74 Å². The molecule has 2 aromatic rings. The van der Waals surface area contributed by atoms with Gasteiger partial charge in [-0.1, -0.05) is 6.07 Å². The molecule has 0 fully saturated rings. The van der Waals surface area contributed by atoms with Gasteiger partial charge in [-0.25, -0.2) is 0 Å². The first-order valence-electron chi connectivity index (χ1n) is 6.22. The lowest BCUT2D eigenvalue weighted by Crippen LogP contribution is -2.08. The third-order valence-corrected chi connectivity index (χ3v) is 3.08. The Morgan fingerprint density at radius 1 is 1.20 bits per heavy atom. The van der Waals surface area contributed by atoms with Crippen molar-refractivity contribution in [2.24, 2.45) is 0 Å². The molecule has 0 atom stereocenters. The van der Waals surface area contributed by atoms with Crippen molar-refractivity contribution in [3.8, 4) is 17.7 Å². The van der Waals surface area contributed by atoms with Gasteiger partial charge in [-0.2, -0.15) is 10.4 Å². The van der Waals surface area contributed by atoms with Crippen molar-refractivity contribution >= 4 is 5.69 Å². The van der Waals surface area contributed by atoms with E-state index in [2.05, 4.69) is 16.3 Å². The molecule has 1 aromatic heterocycles. The van der Waals surface area contributed by atoms with Gasteiger partial charge in [-0.15, -0.1) is 5.10 Å². The predicted octanol–water partition coefficient (Wildman–Crippen LogP) is 2.82. The molecule has 1 heterocycles. The second-order valence-corrected chi connectivity index (χ2v) is 4.70. The van der Waals surface area contributed by atoms with Gasteiger partial charge in [0.15, 0.2) is 0 Å². The average Bonchev–Trinajstić information content (AvgIpc) is 2.43. The highest BCUT2D eigenvalue weighted by molar-refractivity contribution is 5.51. The molecule has 1 aromatic carbocycles. The maximum absolute atomic E-state index is 9.24. The third-order valence-electron chi connectivity index (χ3n) is 3.08. The molecule has 102 valence electrons. The average molecular weight is 268 g/mol. The van der Waals surface area contributed by atoms with E-state index in [9.17, 15) is 5.26 Å². The summed E-state index contributed by atoms with van der Waals surface area (Å²) in [5, 5.41) is 17.2. The molecule has 0 spiro atoms. The number of hydrogen-bond donors (Lipinski definition) is 0. The van der Waals surface area contributed by atoms with Gasteiger partial charge in [-0.3, -0.25) is 0 Å². The van der Waals surface area contributed by atoms with Crippen LogP contribution in [0, 0.1) is 25.2 Å². The van der Waals surface area contributed by atoms with Crippen molar-refractivity contribution in [3.63, 3.8) is 0 Å². The Labute approximate surface area is 118 Å². The monoisotopic (exact) mass is 268 g/mol. The Balaban J connectivity index is 2.38. The highest BCUT2D eigenvalue weighted by Gasteiger charge is 2.13. The fourth-order valence-electron chi connectivity index (χ4n) is 1.73. The second kappa shape index (κ2) is 5.57. The van der Waals surface area contributed by atoms with Crippen LogP contribution in [0.4, 0.5) is 5.69 Å². The van der Waals surface area contributed by atoms with Crippen LogP contribution in [0.15, 0.2) is 24.3 Å². The lowest BCUT2D eigenvalue weighted by molar-refractivity contribution is 0.452. The number of benzene rings is 1. The van der Waals surface area contributed by atoms with E-state index in [1.807, 2.05) is 57.1 Å². The summed E-state index contributed by atoms with van der Waals surface area (Å²) in [6, 6.07) is 9.71. The smallest absolute Gasteiger partial charge is 0.257 e. The lowest BCUT2D eigenvalue weighted by atomic mass is 10.1. The van der Waals surface area contributed by atoms with Crippen LogP contribution >= 0.6 is 0 Å². The van der Waals surface area contributed by atoms with Crippen molar-refractivity contribution in [2.45, 2.75) is 13.8 Å². The number of rotatable bonds is 3. The topological polar surface area (TPSA) is 62.0 Å². The minimum absolute atomic E-state index is 0.242. The molecular weight excluding hydrogens is 252 g/mol. The van der Waals surface area contributed by atoms with Gasteiger partial charge in [0.2, 0.25) is 0 Å². The van der Waals surface area contributed by atoms with Gasteiger partial charge in [-0.05, 0) is 31.5 Å². The molecule has 0 unspecified atom stereocenters. The third kappa shape index (κ3) is 2.69. The zero-order valence-corrected chi connectivity index (χ0v) is 12.0. The maximum Gasteiger partial charge on any atom is 0.257 e. The summed E-state index contributed by atoms with van der Waals surface area (Å²) in [7, 11) is 3.91. The quantitative estimate of drug-likeness (QED) is 0.856. The van der Waals surface area contributed by atoms with Crippen LogP contribution in [0.2, 0.25) is 0 Å². The summed E-state index contributed by atoms with van der Waals surface area (Å²) in [6.07, 6.45) is 0. The van der Waals surface area contributed by atoms with E-state index in [-0.39, 0.29) is 5.88 Å². The molecule has 0 aliphatic heterocycles. The molecule has 20 heavy (non-hydrogen) atoms. The molecule has 2 rings (SSSR count). The Hall–Kier alpha value is -2.61. The van der Waals surface area contributed by atoms with Crippen molar-refractivity contribution < 1.29 is 4.74 Å². The summed E-state index contributed by atoms with van der Waals surface area (Å²) in [4.78, 5) is 1.98. The summed E-state index contributed by atoms with van der Waals surface area (Å²) >= 11 is 0. The van der Waals surface area contributed by atoms with Gasteiger partial charge in [0, 0.05) is 25.8 Å². The van der Waals surface area contributed by atoms with Gasteiger partial charge >= 0.3 is 0 Å². The number of nitriles is 1. The molecule has 0 aliphatic carbocycles. The number of aryl methyl sites for hydroxylation is 1. The Kier molecular flexibility index (Phi) is 3.85. The van der Waals surface area contributed by atoms with Crippen molar-refractivity contribution in [1.29, 1.82) is 5.26 Å².